The highest BCUT2D eigenvalue weighted by molar-refractivity contribution is 5.94. The summed E-state index contributed by atoms with van der Waals surface area (Å²) < 4.78 is 5.19. The topological polar surface area (TPSA) is 62.1 Å². The molecule has 1 N–H and O–H groups in total. The molecule has 1 aromatic carbocycles. The number of rotatable bonds is 3. The van der Waals surface area contributed by atoms with Gasteiger partial charge in [-0.05, 0) is 24.1 Å². The van der Waals surface area contributed by atoms with E-state index in [1.165, 1.54) is 0 Å². The van der Waals surface area contributed by atoms with Crippen LogP contribution >= 0.6 is 0 Å². The number of hydrogen-bond donors (Lipinski definition) is 1. The Morgan fingerprint density at radius 2 is 2.24 bits per heavy atom. The van der Waals surface area contributed by atoms with Gasteiger partial charge in [0.25, 0.3) is 5.91 Å². The van der Waals surface area contributed by atoms with Crippen molar-refractivity contribution in [2.75, 3.05) is 13.2 Å². The van der Waals surface area contributed by atoms with Crippen LogP contribution in [0.15, 0.2) is 24.3 Å². The molecule has 1 unspecified atom stereocenters. The van der Waals surface area contributed by atoms with Crippen LogP contribution in [-0.2, 0) is 11.2 Å². The van der Waals surface area contributed by atoms with Crippen LogP contribution in [0.3, 0.4) is 0 Å². The van der Waals surface area contributed by atoms with Crippen molar-refractivity contribution in [3.8, 4) is 6.07 Å². The third-order valence-corrected chi connectivity index (χ3v) is 2.76. The zero-order valence-corrected chi connectivity index (χ0v) is 9.48. The van der Waals surface area contributed by atoms with E-state index in [1.54, 1.807) is 12.1 Å². The molecule has 0 aliphatic carbocycles. The van der Waals surface area contributed by atoms with Gasteiger partial charge >= 0.3 is 0 Å². The van der Waals surface area contributed by atoms with E-state index in [-0.39, 0.29) is 11.9 Å². The molecule has 0 saturated carbocycles. The van der Waals surface area contributed by atoms with Crippen molar-refractivity contribution in [1.82, 2.24) is 5.32 Å². The van der Waals surface area contributed by atoms with E-state index in [0.717, 1.165) is 12.0 Å². The lowest BCUT2D eigenvalue weighted by Gasteiger charge is -2.10. The molecule has 1 aliphatic heterocycles. The van der Waals surface area contributed by atoms with Crippen LogP contribution < -0.4 is 5.32 Å². The molecule has 1 amide bonds. The molecule has 0 spiro atoms. The van der Waals surface area contributed by atoms with E-state index < -0.39 is 0 Å². The first-order valence-corrected chi connectivity index (χ1v) is 5.64. The van der Waals surface area contributed by atoms with E-state index in [4.69, 9.17) is 10.00 Å². The third-order valence-electron chi connectivity index (χ3n) is 2.76. The van der Waals surface area contributed by atoms with Gasteiger partial charge in [-0.25, -0.2) is 0 Å². The Balaban J connectivity index is 1.96. The first-order chi connectivity index (χ1) is 8.29. The molecule has 1 fully saturated rings. The van der Waals surface area contributed by atoms with Crippen molar-refractivity contribution in [2.45, 2.75) is 18.9 Å². The standard InChI is InChI=1S/C13H14N2O2/c14-7-5-10-1-3-11(4-2-10)13(16)15-12-6-8-17-9-12/h1-4,12H,5-6,8-9H2,(H,15,16). The van der Waals surface area contributed by atoms with Crippen LogP contribution in [0.4, 0.5) is 0 Å². The van der Waals surface area contributed by atoms with Gasteiger partial charge in [-0.15, -0.1) is 0 Å². The first-order valence-electron chi connectivity index (χ1n) is 5.64. The second-order valence-corrected chi connectivity index (χ2v) is 4.07. The number of amides is 1. The van der Waals surface area contributed by atoms with Crippen LogP contribution in [0.25, 0.3) is 0 Å². The molecule has 17 heavy (non-hydrogen) atoms. The van der Waals surface area contributed by atoms with Crippen LogP contribution in [0.1, 0.15) is 22.3 Å². The number of hydrogen-bond acceptors (Lipinski definition) is 3. The smallest absolute Gasteiger partial charge is 0.251 e. The van der Waals surface area contributed by atoms with Crippen LogP contribution in [-0.4, -0.2) is 25.2 Å². The lowest BCUT2D eigenvalue weighted by molar-refractivity contribution is 0.0930. The quantitative estimate of drug-likeness (QED) is 0.850. The van der Waals surface area contributed by atoms with Gasteiger partial charge < -0.3 is 10.1 Å². The maximum absolute atomic E-state index is 11.8. The van der Waals surface area contributed by atoms with Crippen LogP contribution in [0.5, 0.6) is 0 Å². The molecule has 1 saturated heterocycles. The van der Waals surface area contributed by atoms with Crippen molar-refractivity contribution in [3.63, 3.8) is 0 Å². The number of nitriles is 1. The minimum atomic E-state index is -0.0796. The number of carbonyl (C=O) groups excluding carboxylic acids is 1. The van der Waals surface area contributed by atoms with E-state index in [2.05, 4.69) is 11.4 Å². The summed E-state index contributed by atoms with van der Waals surface area (Å²) in [5.74, 6) is -0.0796. The number of nitrogens with one attached hydrogen (secondary N) is 1. The van der Waals surface area contributed by atoms with Gasteiger partial charge in [0, 0.05) is 12.2 Å². The summed E-state index contributed by atoms with van der Waals surface area (Å²) in [6.45, 7) is 1.31. The fraction of sp³-hybridized carbons (Fsp3) is 0.385. The van der Waals surface area contributed by atoms with Crippen molar-refractivity contribution < 1.29 is 9.53 Å². The second-order valence-electron chi connectivity index (χ2n) is 4.07. The average molecular weight is 230 g/mol. The molecular formula is C13H14N2O2. The predicted molar refractivity (Wildman–Crippen MR) is 62.4 cm³/mol. The predicted octanol–water partition coefficient (Wildman–Crippen LogP) is 1.27. The summed E-state index contributed by atoms with van der Waals surface area (Å²) in [5.41, 5.74) is 1.55. The number of carbonyl (C=O) groups is 1. The molecule has 1 aromatic rings. The number of ether oxygens (including phenoxy) is 1. The molecule has 4 nitrogen and oxygen atoms in total. The lowest BCUT2D eigenvalue weighted by Crippen LogP contribution is -2.34. The van der Waals surface area contributed by atoms with Crippen LogP contribution in [0, 0.1) is 11.3 Å². The highest BCUT2D eigenvalue weighted by Gasteiger charge is 2.18. The van der Waals surface area contributed by atoms with Gasteiger partial charge in [0.1, 0.15) is 0 Å². The maximum Gasteiger partial charge on any atom is 0.251 e. The van der Waals surface area contributed by atoms with E-state index in [1.807, 2.05) is 12.1 Å². The van der Waals surface area contributed by atoms with Crippen molar-refractivity contribution in [2.24, 2.45) is 0 Å². The molecule has 1 heterocycles. The van der Waals surface area contributed by atoms with Crippen molar-refractivity contribution in [3.05, 3.63) is 35.4 Å². The van der Waals surface area contributed by atoms with Gasteiger partial charge in [-0.2, -0.15) is 5.26 Å². The van der Waals surface area contributed by atoms with Gasteiger partial charge in [-0.1, -0.05) is 12.1 Å². The summed E-state index contributed by atoms with van der Waals surface area (Å²) >= 11 is 0. The minimum absolute atomic E-state index is 0.0796. The Hall–Kier alpha value is -1.86. The average Bonchev–Trinajstić information content (AvgIpc) is 2.83. The molecular weight excluding hydrogens is 216 g/mol. The monoisotopic (exact) mass is 230 g/mol. The van der Waals surface area contributed by atoms with Crippen molar-refractivity contribution in [1.29, 1.82) is 5.26 Å². The van der Waals surface area contributed by atoms with Gasteiger partial charge in [-0.3, -0.25) is 4.79 Å². The summed E-state index contributed by atoms with van der Waals surface area (Å²) in [4.78, 5) is 11.8. The molecule has 0 bridgehead atoms. The van der Waals surface area contributed by atoms with Gasteiger partial charge in [0.15, 0.2) is 0 Å². The second kappa shape index (κ2) is 5.46. The zero-order chi connectivity index (χ0) is 12.1. The highest BCUT2D eigenvalue weighted by Crippen LogP contribution is 2.08. The van der Waals surface area contributed by atoms with Gasteiger partial charge in [0.05, 0.1) is 25.1 Å². The third kappa shape index (κ3) is 3.05. The largest absolute Gasteiger partial charge is 0.379 e. The maximum atomic E-state index is 11.8. The van der Waals surface area contributed by atoms with E-state index in [0.29, 0.717) is 25.2 Å². The summed E-state index contributed by atoms with van der Waals surface area (Å²) in [6, 6.07) is 9.31. The summed E-state index contributed by atoms with van der Waals surface area (Å²) in [5, 5.41) is 11.5. The Labute approximate surface area is 100 Å². The molecule has 2 rings (SSSR count). The Bertz CT molecular complexity index is 428. The Morgan fingerprint density at radius 3 is 2.82 bits per heavy atom. The molecule has 0 radical (unpaired) electrons. The number of nitrogens with zero attached hydrogens (tertiary/aromatic N) is 1. The molecule has 1 atom stereocenters. The highest BCUT2D eigenvalue weighted by atomic mass is 16.5. The molecule has 0 aromatic heterocycles. The number of benzene rings is 1. The SMILES string of the molecule is N#CCc1ccc(C(=O)NC2CCOC2)cc1. The summed E-state index contributed by atoms with van der Waals surface area (Å²) in [7, 11) is 0. The zero-order valence-electron chi connectivity index (χ0n) is 9.48. The molecule has 1 aliphatic rings. The van der Waals surface area contributed by atoms with Crippen LogP contribution in [0.2, 0.25) is 0 Å². The fourth-order valence-electron chi connectivity index (χ4n) is 1.78. The van der Waals surface area contributed by atoms with E-state index in [9.17, 15) is 4.79 Å². The van der Waals surface area contributed by atoms with Crippen molar-refractivity contribution >= 4 is 5.91 Å². The minimum Gasteiger partial charge on any atom is -0.379 e. The van der Waals surface area contributed by atoms with Gasteiger partial charge in [0.2, 0.25) is 0 Å². The fourth-order valence-corrected chi connectivity index (χ4v) is 1.78. The molecule has 88 valence electrons. The first kappa shape index (κ1) is 11.6. The lowest BCUT2D eigenvalue weighted by atomic mass is 10.1. The molecule has 4 heteroatoms. The van der Waals surface area contributed by atoms with E-state index >= 15 is 0 Å². The Morgan fingerprint density at radius 1 is 1.47 bits per heavy atom. The normalized spacial score (nSPS) is 18.6. The Kier molecular flexibility index (Phi) is 3.73. The summed E-state index contributed by atoms with van der Waals surface area (Å²) in [6.07, 6.45) is 1.25.